The first-order chi connectivity index (χ1) is 9.64. The Labute approximate surface area is 123 Å². The summed E-state index contributed by atoms with van der Waals surface area (Å²) in [5.41, 5.74) is 0. The Kier molecular flexibility index (Phi) is 4.39. The number of benzene rings is 1. The zero-order chi connectivity index (χ0) is 15.8. The summed E-state index contributed by atoms with van der Waals surface area (Å²) in [6.45, 7) is 2.19. The van der Waals surface area contributed by atoms with E-state index in [1.54, 1.807) is 6.92 Å². The Morgan fingerprint density at radius 2 is 1.95 bits per heavy atom. The first-order valence-corrected chi connectivity index (χ1v) is 9.56. The molecule has 1 aromatic rings. The molecule has 0 unspecified atom stereocenters. The van der Waals surface area contributed by atoms with Crippen molar-refractivity contribution in [1.29, 1.82) is 0 Å². The van der Waals surface area contributed by atoms with Crippen molar-refractivity contribution in [2.24, 2.45) is 0 Å². The van der Waals surface area contributed by atoms with Crippen LogP contribution in [0.25, 0.3) is 0 Å². The molecule has 0 bridgehead atoms. The van der Waals surface area contributed by atoms with Crippen molar-refractivity contribution in [3.8, 4) is 0 Å². The summed E-state index contributed by atoms with van der Waals surface area (Å²) in [5.74, 6) is -0.971. The SMILES string of the molecule is C[C@@H]1COCCN1S(=O)(=O)c1cc(S(C)(=O)=O)ccc1F. The minimum Gasteiger partial charge on any atom is -0.378 e. The molecule has 0 spiro atoms. The fourth-order valence-corrected chi connectivity index (χ4v) is 4.52. The maximum Gasteiger partial charge on any atom is 0.246 e. The summed E-state index contributed by atoms with van der Waals surface area (Å²) in [6.07, 6.45) is 0.938. The van der Waals surface area contributed by atoms with Crippen LogP contribution in [0, 0.1) is 5.82 Å². The molecule has 1 aromatic carbocycles. The minimum absolute atomic E-state index is 0.103. The molecule has 6 nitrogen and oxygen atoms in total. The zero-order valence-corrected chi connectivity index (χ0v) is 13.2. The van der Waals surface area contributed by atoms with Crippen molar-refractivity contribution < 1.29 is 26.0 Å². The second kappa shape index (κ2) is 5.64. The molecule has 0 aromatic heterocycles. The van der Waals surface area contributed by atoms with Gasteiger partial charge in [-0.25, -0.2) is 21.2 Å². The molecule has 9 heteroatoms. The Hall–Kier alpha value is -1.03. The second-order valence-electron chi connectivity index (χ2n) is 4.90. The van der Waals surface area contributed by atoms with Gasteiger partial charge >= 0.3 is 0 Å². The van der Waals surface area contributed by atoms with Crippen LogP contribution in [0.15, 0.2) is 28.0 Å². The van der Waals surface area contributed by atoms with Crippen LogP contribution >= 0.6 is 0 Å². The molecule has 0 aliphatic carbocycles. The minimum atomic E-state index is -4.11. The number of sulfonamides is 1. The number of sulfone groups is 1. The lowest BCUT2D eigenvalue weighted by Gasteiger charge is -2.32. The molecule has 1 aliphatic rings. The lowest BCUT2D eigenvalue weighted by Crippen LogP contribution is -2.47. The number of ether oxygens (including phenoxy) is 1. The van der Waals surface area contributed by atoms with E-state index in [0.717, 1.165) is 28.8 Å². The van der Waals surface area contributed by atoms with Crippen LogP contribution in [0.5, 0.6) is 0 Å². The summed E-state index contributed by atoms with van der Waals surface area (Å²) < 4.78 is 68.3. The van der Waals surface area contributed by atoms with Gasteiger partial charge < -0.3 is 4.74 Å². The molecule has 0 amide bonds. The molecule has 1 heterocycles. The Balaban J connectivity index is 2.54. The van der Waals surface area contributed by atoms with Crippen LogP contribution in [0.1, 0.15) is 6.92 Å². The monoisotopic (exact) mass is 337 g/mol. The van der Waals surface area contributed by atoms with E-state index < -0.39 is 36.6 Å². The smallest absolute Gasteiger partial charge is 0.246 e. The number of nitrogens with zero attached hydrogens (tertiary/aromatic N) is 1. The fourth-order valence-electron chi connectivity index (χ4n) is 2.11. The van der Waals surface area contributed by atoms with Crippen LogP contribution < -0.4 is 0 Å². The van der Waals surface area contributed by atoms with E-state index in [1.807, 2.05) is 0 Å². The largest absolute Gasteiger partial charge is 0.378 e. The quantitative estimate of drug-likeness (QED) is 0.756. The zero-order valence-electron chi connectivity index (χ0n) is 11.6. The molecule has 1 fully saturated rings. The van der Waals surface area contributed by atoms with Crippen LogP contribution in [0.4, 0.5) is 4.39 Å². The number of rotatable bonds is 3. The van der Waals surface area contributed by atoms with Crippen molar-refractivity contribution in [3.05, 3.63) is 24.0 Å². The van der Waals surface area contributed by atoms with E-state index in [4.69, 9.17) is 4.74 Å². The number of hydrogen-bond donors (Lipinski definition) is 0. The second-order valence-corrected chi connectivity index (χ2v) is 8.78. The molecule has 118 valence electrons. The maximum atomic E-state index is 13.9. The summed E-state index contributed by atoms with van der Waals surface area (Å²) in [7, 11) is -7.73. The normalized spacial score (nSPS) is 21.4. The highest BCUT2D eigenvalue weighted by molar-refractivity contribution is 7.91. The number of morpholine rings is 1. The van der Waals surface area contributed by atoms with Gasteiger partial charge in [0.15, 0.2) is 9.84 Å². The van der Waals surface area contributed by atoms with Gasteiger partial charge in [-0.05, 0) is 25.1 Å². The molecule has 21 heavy (non-hydrogen) atoms. The molecule has 0 radical (unpaired) electrons. The van der Waals surface area contributed by atoms with Gasteiger partial charge in [-0.3, -0.25) is 0 Å². The molecule has 1 atom stereocenters. The summed E-state index contributed by atoms with van der Waals surface area (Å²) in [4.78, 5) is -0.859. The lowest BCUT2D eigenvalue weighted by molar-refractivity contribution is 0.0392. The first-order valence-electron chi connectivity index (χ1n) is 6.23. The van der Waals surface area contributed by atoms with E-state index in [-0.39, 0.29) is 24.7 Å². The molecular weight excluding hydrogens is 321 g/mol. The number of halogens is 1. The van der Waals surface area contributed by atoms with Crippen molar-refractivity contribution in [3.63, 3.8) is 0 Å². The molecule has 1 saturated heterocycles. The third-order valence-electron chi connectivity index (χ3n) is 3.22. The predicted octanol–water partition coefficient (Wildman–Crippen LogP) is 0.639. The standard InChI is InChI=1S/C12H16FNO5S2/c1-9-8-19-6-5-14(9)21(17,18)12-7-10(20(2,15)16)3-4-11(12)13/h3-4,7,9H,5-6,8H2,1-2H3/t9-/m1/s1. The van der Waals surface area contributed by atoms with Gasteiger partial charge in [-0.15, -0.1) is 0 Å². The van der Waals surface area contributed by atoms with E-state index in [9.17, 15) is 21.2 Å². The van der Waals surface area contributed by atoms with Gasteiger partial charge in [0.2, 0.25) is 10.0 Å². The van der Waals surface area contributed by atoms with Gasteiger partial charge in [0, 0.05) is 18.8 Å². The van der Waals surface area contributed by atoms with Gasteiger partial charge in [0.25, 0.3) is 0 Å². The van der Waals surface area contributed by atoms with Crippen LogP contribution in [0.3, 0.4) is 0 Å². The van der Waals surface area contributed by atoms with Crippen LogP contribution in [-0.2, 0) is 24.6 Å². The van der Waals surface area contributed by atoms with E-state index >= 15 is 0 Å². The van der Waals surface area contributed by atoms with Crippen LogP contribution in [0.2, 0.25) is 0 Å². The molecule has 2 rings (SSSR count). The average molecular weight is 337 g/mol. The lowest BCUT2D eigenvalue weighted by atomic mass is 10.3. The van der Waals surface area contributed by atoms with Crippen molar-refractivity contribution in [2.75, 3.05) is 26.0 Å². The van der Waals surface area contributed by atoms with Crippen molar-refractivity contribution in [1.82, 2.24) is 4.31 Å². The highest BCUT2D eigenvalue weighted by Crippen LogP contribution is 2.25. The van der Waals surface area contributed by atoms with E-state index in [1.165, 1.54) is 0 Å². The Bertz CT molecular complexity index is 745. The first kappa shape index (κ1) is 16.3. The summed E-state index contributed by atoms with van der Waals surface area (Å²) >= 11 is 0. The highest BCUT2D eigenvalue weighted by atomic mass is 32.2. The summed E-state index contributed by atoms with van der Waals surface area (Å²) in [6, 6.07) is 2.33. The molecule has 1 aliphatic heterocycles. The Morgan fingerprint density at radius 1 is 1.29 bits per heavy atom. The van der Waals surface area contributed by atoms with Crippen LogP contribution in [-0.4, -0.2) is 53.2 Å². The maximum absolute atomic E-state index is 13.9. The molecule has 0 saturated carbocycles. The van der Waals surface area contributed by atoms with E-state index in [2.05, 4.69) is 0 Å². The van der Waals surface area contributed by atoms with Gasteiger partial charge in [0.1, 0.15) is 10.7 Å². The van der Waals surface area contributed by atoms with Crippen molar-refractivity contribution in [2.45, 2.75) is 22.8 Å². The van der Waals surface area contributed by atoms with Crippen molar-refractivity contribution >= 4 is 19.9 Å². The molecule has 0 N–H and O–H groups in total. The predicted molar refractivity (Wildman–Crippen MR) is 73.7 cm³/mol. The topological polar surface area (TPSA) is 80.8 Å². The van der Waals surface area contributed by atoms with E-state index in [0.29, 0.717) is 0 Å². The van der Waals surface area contributed by atoms with Gasteiger partial charge in [0.05, 0.1) is 18.1 Å². The average Bonchev–Trinajstić information content (AvgIpc) is 2.37. The Morgan fingerprint density at radius 3 is 2.52 bits per heavy atom. The third kappa shape index (κ3) is 3.25. The third-order valence-corrected chi connectivity index (χ3v) is 6.36. The summed E-state index contributed by atoms with van der Waals surface area (Å²) in [5, 5.41) is 0. The van der Waals surface area contributed by atoms with Gasteiger partial charge in [-0.1, -0.05) is 0 Å². The van der Waals surface area contributed by atoms with Gasteiger partial charge in [-0.2, -0.15) is 4.31 Å². The fraction of sp³-hybridized carbons (Fsp3) is 0.500. The molecular formula is C12H16FNO5S2. The number of hydrogen-bond acceptors (Lipinski definition) is 5. The highest BCUT2D eigenvalue weighted by Gasteiger charge is 2.34.